The average molecular weight is 426 g/mol. The van der Waals surface area contributed by atoms with Crippen LogP contribution >= 0.6 is 0 Å². The van der Waals surface area contributed by atoms with Crippen LogP contribution < -0.4 is 5.32 Å². The highest BCUT2D eigenvalue weighted by atomic mass is 16.3. The van der Waals surface area contributed by atoms with Crippen molar-refractivity contribution in [2.24, 2.45) is 0 Å². The number of rotatable bonds is 6. The second kappa shape index (κ2) is 9.37. The minimum atomic E-state index is 0.0332. The van der Waals surface area contributed by atoms with Crippen LogP contribution in [0.15, 0.2) is 83.3 Å². The van der Waals surface area contributed by atoms with E-state index in [1.807, 2.05) is 60.7 Å². The Morgan fingerprint density at radius 1 is 0.938 bits per heavy atom. The molecular weight excluding hydrogens is 398 g/mol. The largest absolute Gasteiger partial charge is 0.440 e. The molecule has 0 spiro atoms. The van der Waals surface area contributed by atoms with Crippen LogP contribution in [0, 0.1) is 0 Å². The molecule has 5 rings (SSSR count). The van der Waals surface area contributed by atoms with E-state index >= 15 is 0 Å². The van der Waals surface area contributed by atoms with E-state index in [0.717, 1.165) is 60.6 Å². The van der Waals surface area contributed by atoms with Crippen molar-refractivity contribution >= 4 is 22.7 Å². The van der Waals surface area contributed by atoms with Crippen molar-refractivity contribution in [3.8, 4) is 0 Å². The summed E-state index contributed by atoms with van der Waals surface area (Å²) in [6.07, 6.45) is 2.70. The summed E-state index contributed by atoms with van der Waals surface area (Å²) in [6, 6.07) is 26.3. The lowest BCUT2D eigenvalue weighted by molar-refractivity contribution is -0.117. The zero-order valence-corrected chi connectivity index (χ0v) is 18.0. The molecule has 4 aromatic rings. The number of nitrogens with zero attached hydrogens (tertiary/aromatic N) is 2. The molecule has 5 heteroatoms. The number of amides is 1. The second-order valence-corrected chi connectivity index (χ2v) is 8.44. The summed E-state index contributed by atoms with van der Waals surface area (Å²) in [7, 11) is 0. The Morgan fingerprint density at radius 3 is 2.47 bits per heavy atom. The van der Waals surface area contributed by atoms with E-state index in [2.05, 4.69) is 33.4 Å². The molecule has 1 aliphatic rings. The van der Waals surface area contributed by atoms with Crippen molar-refractivity contribution in [1.29, 1.82) is 0 Å². The number of nitrogens with one attached hydrogen (secondary N) is 1. The monoisotopic (exact) mass is 425 g/mol. The van der Waals surface area contributed by atoms with Crippen molar-refractivity contribution in [1.82, 2.24) is 9.88 Å². The van der Waals surface area contributed by atoms with E-state index in [9.17, 15) is 4.79 Å². The van der Waals surface area contributed by atoms with Crippen LogP contribution in [0.3, 0.4) is 0 Å². The van der Waals surface area contributed by atoms with Gasteiger partial charge in [-0.25, -0.2) is 4.98 Å². The number of hydrogen-bond acceptors (Lipinski definition) is 4. The molecule has 1 aromatic heterocycles. The first-order chi connectivity index (χ1) is 15.7. The third-order valence-corrected chi connectivity index (χ3v) is 6.14. The zero-order valence-electron chi connectivity index (χ0n) is 18.0. The Kier molecular flexibility index (Phi) is 5.99. The number of likely N-dealkylation sites (tertiary alicyclic amines) is 1. The summed E-state index contributed by atoms with van der Waals surface area (Å²) in [5.41, 5.74) is 5.01. The third kappa shape index (κ3) is 4.73. The first-order valence-corrected chi connectivity index (χ1v) is 11.2. The predicted molar refractivity (Wildman–Crippen MR) is 127 cm³/mol. The van der Waals surface area contributed by atoms with Crippen molar-refractivity contribution in [3.63, 3.8) is 0 Å². The Bertz CT molecular complexity index is 1160. The normalized spacial score (nSPS) is 15.1. The molecule has 32 heavy (non-hydrogen) atoms. The second-order valence-electron chi connectivity index (χ2n) is 8.44. The molecule has 5 nitrogen and oxygen atoms in total. The van der Waals surface area contributed by atoms with E-state index in [0.29, 0.717) is 12.5 Å². The van der Waals surface area contributed by atoms with E-state index in [-0.39, 0.29) is 5.91 Å². The van der Waals surface area contributed by atoms with E-state index < -0.39 is 0 Å². The van der Waals surface area contributed by atoms with Crippen molar-refractivity contribution in [3.05, 3.63) is 95.9 Å². The molecule has 0 saturated carbocycles. The molecule has 1 aliphatic heterocycles. The zero-order chi connectivity index (χ0) is 21.8. The van der Waals surface area contributed by atoms with Crippen LogP contribution in [0.25, 0.3) is 11.1 Å². The number of aromatic nitrogens is 1. The summed E-state index contributed by atoms with van der Waals surface area (Å²) in [6.45, 7) is 2.13. The standard InChI is InChI=1S/C27H27N3O2/c31-26(28-23-11-5-4-10-22(23)18-20-8-2-1-3-9-20)19-30-16-14-21(15-17-30)27-29-24-12-6-7-13-25(24)32-27/h1-13,21H,14-19H2,(H,28,31). The van der Waals surface area contributed by atoms with Crippen LogP contribution in [0.2, 0.25) is 0 Å². The molecule has 162 valence electrons. The van der Waals surface area contributed by atoms with Gasteiger partial charge in [0.1, 0.15) is 5.52 Å². The Labute approximate surface area is 188 Å². The molecule has 0 unspecified atom stereocenters. The Morgan fingerprint density at radius 2 is 1.66 bits per heavy atom. The smallest absolute Gasteiger partial charge is 0.238 e. The topological polar surface area (TPSA) is 58.4 Å². The maximum Gasteiger partial charge on any atom is 0.238 e. The molecule has 1 saturated heterocycles. The number of hydrogen-bond donors (Lipinski definition) is 1. The maximum absolute atomic E-state index is 12.8. The Hall–Kier alpha value is -3.44. The van der Waals surface area contributed by atoms with Crippen LogP contribution in [0.5, 0.6) is 0 Å². The number of benzene rings is 3. The molecule has 0 aliphatic carbocycles. The van der Waals surface area contributed by atoms with E-state index in [1.165, 1.54) is 5.56 Å². The van der Waals surface area contributed by atoms with Crippen molar-refractivity contribution in [2.45, 2.75) is 25.2 Å². The average Bonchev–Trinajstić information content (AvgIpc) is 3.26. The number of para-hydroxylation sites is 3. The third-order valence-electron chi connectivity index (χ3n) is 6.14. The van der Waals surface area contributed by atoms with Gasteiger partial charge in [0.05, 0.1) is 6.54 Å². The van der Waals surface area contributed by atoms with Crippen LogP contribution in [0.1, 0.15) is 35.8 Å². The lowest BCUT2D eigenvalue weighted by Crippen LogP contribution is -2.38. The molecule has 2 heterocycles. The van der Waals surface area contributed by atoms with Crippen LogP contribution in [-0.4, -0.2) is 35.4 Å². The van der Waals surface area contributed by atoms with Gasteiger partial charge in [0.15, 0.2) is 11.5 Å². The quantitative estimate of drug-likeness (QED) is 0.459. The van der Waals surface area contributed by atoms with Crippen molar-refractivity contribution < 1.29 is 9.21 Å². The highest BCUT2D eigenvalue weighted by molar-refractivity contribution is 5.93. The number of piperidine rings is 1. The maximum atomic E-state index is 12.8. The minimum Gasteiger partial charge on any atom is -0.440 e. The molecule has 3 aromatic carbocycles. The fourth-order valence-corrected chi connectivity index (χ4v) is 4.41. The van der Waals surface area contributed by atoms with Gasteiger partial charge in [-0.1, -0.05) is 60.7 Å². The molecule has 0 radical (unpaired) electrons. The SMILES string of the molecule is O=C(CN1CCC(c2nc3ccccc3o2)CC1)Nc1ccccc1Cc1ccccc1. The van der Waals surface area contributed by atoms with Crippen LogP contribution in [0.4, 0.5) is 5.69 Å². The Balaban J connectivity index is 1.16. The first kappa shape index (κ1) is 20.5. The fraction of sp³-hybridized carbons (Fsp3) is 0.259. The number of carbonyl (C=O) groups excluding carboxylic acids is 1. The summed E-state index contributed by atoms with van der Waals surface area (Å²) in [4.78, 5) is 19.6. The first-order valence-electron chi connectivity index (χ1n) is 11.2. The molecule has 0 atom stereocenters. The lowest BCUT2D eigenvalue weighted by atomic mass is 9.97. The van der Waals surface area contributed by atoms with Gasteiger partial charge in [0, 0.05) is 11.6 Å². The lowest BCUT2D eigenvalue weighted by Gasteiger charge is -2.30. The molecule has 1 N–H and O–H groups in total. The van der Waals surface area contributed by atoms with E-state index in [1.54, 1.807) is 0 Å². The van der Waals surface area contributed by atoms with Gasteiger partial charge >= 0.3 is 0 Å². The summed E-state index contributed by atoms with van der Waals surface area (Å²) in [5.74, 6) is 1.17. The van der Waals surface area contributed by atoms with Gasteiger partial charge in [-0.2, -0.15) is 0 Å². The van der Waals surface area contributed by atoms with E-state index in [4.69, 9.17) is 4.42 Å². The van der Waals surface area contributed by atoms with Gasteiger partial charge in [-0.15, -0.1) is 0 Å². The van der Waals surface area contributed by atoms with Crippen molar-refractivity contribution in [2.75, 3.05) is 25.0 Å². The van der Waals surface area contributed by atoms with Gasteiger partial charge in [0.2, 0.25) is 5.91 Å². The van der Waals surface area contributed by atoms with Crippen LogP contribution in [-0.2, 0) is 11.2 Å². The van der Waals surface area contributed by atoms with Gasteiger partial charge in [0.25, 0.3) is 0 Å². The predicted octanol–water partition coefficient (Wildman–Crippen LogP) is 5.24. The molecule has 1 amide bonds. The van der Waals surface area contributed by atoms with Gasteiger partial charge in [-0.3, -0.25) is 9.69 Å². The summed E-state index contributed by atoms with van der Waals surface area (Å²) >= 11 is 0. The number of carbonyl (C=O) groups is 1. The fourth-order valence-electron chi connectivity index (χ4n) is 4.41. The highest BCUT2D eigenvalue weighted by Crippen LogP contribution is 2.30. The highest BCUT2D eigenvalue weighted by Gasteiger charge is 2.25. The molecular formula is C27H27N3O2. The number of oxazole rings is 1. The summed E-state index contributed by atoms with van der Waals surface area (Å²) in [5, 5.41) is 3.13. The number of anilines is 1. The molecule has 1 fully saturated rings. The summed E-state index contributed by atoms with van der Waals surface area (Å²) < 4.78 is 5.96. The minimum absolute atomic E-state index is 0.0332. The van der Waals surface area contributed by atoms with Gasteiger partial charge < -0.3 is 9.73 Å². The molecule has 0 bridgehead atoms. The van der Waals surface area contributed by atoms with Gasteiger partial charge in [-0.05, 0) is 61.7 Å². The number of fused-ring (bicyclic) bond motifs is 1.